The normalized spacial score (nSPS) is 17.2. The van der Waals surface area contributed by atoms with Gasteiger partial charge in [0.1, 0.15) is 5.56 Å². The quantitative estimate of drug-likeness (QED) is 0.651. The Balaban J connectivity index is 1.67. The molecule has 1 fully saturated rings. The number of amides is 2. The predicted molar refractivity (Wildman–Crippen MR) is 88.1 cm³/mol. The van der Waals surface area contributed by atoms with E-state index in [0.717, 1.165) is 12.3 Å². The van der Waals surface area contributed by atoms with Crippen LogP contribution in [0.4, 0.5) is 13.2 Å². The molecular weight excluding hydrogens is 363 g/mol. The van der Waals surface area contributed by atoms with Gasteiger partial charge in [-0.1, -0.05) is 18.2 Å². The molecule has 2 aromatic rings. The van der Waals surface area contributed by atoms with Crippen molar-refractivity contribution in [2.24, 2.45) is 0 Å². The number of nitrogens with one attached hydrogen (secondary N) is 1. The molecule has 6 nitrogen and oxygen atoms in total. The molecule has 1 saturated heterocycles. The van der Waals surface area contributed by atoms with Crippen molar-refractivity contribution in [3.63, 3.8) is 0 Å². The van der Waals surface area contributed by atoms with Crippen LogP contribution in [0, 0.1) is 5.21 Å². The number of benzene rings is 1. The Morgan fingerprint density at radius 3 is 2.70 bits per heavy atom. The molecule has 2 heterocycles. The van der Waals surface area contributed by atoms with Crippen molar-refractivity contribution in [2.45, 2.75) is 25.2 Å². The van der Waals surface area contributed by atoms with E-state index in [1.807, 2.05) is 0 Å². The Bertz CT molecular complexity index is 870. The lowest BCUT2D eigenvalue weighted by atomic mass is 10.1. The maximum atomic E-state index is 13.1. The van der Waals surface area contributed by atoms with Gasteiger partial charge in [-0.25, -0.2) is 0 Å². The number of pyridine rings is 1. The van der Waals surface area contributed by atoms with E-state index in [-0.39, 0.29) is 36.5 Å². The third-order valence-corrected chi connectivity index (χ3v) is 4.27. The van der Waals surface area contributed by atoms with Gasteiger partial charge < -0.3 is 15.4 Å². The number of carbonyl (C=O) groups is 2. The van der Waals surface area contributed by atoms with Gasteiger partial charge in [-0.2, -0.15) is 17.9 Å². The first-order valence-corrected chi connectivity index (χ1v) is 8.16. The van der Waals surface area contributed by atoms with Gasteiger partial charge in [0, 0.05) is 25.6 Å². The maximum Gasteiger partial charge on any atom is 0.416 e. The predicted octanol–water partition coefficient (Wildman–Crippen LogP) is 1.87. The number of nitrogens with zero attached hydrogens (tertiary/aromatic N) is 2. The van der Waals surface area contributed by atoms with E-state index in [0.29, 0.717) is 4.73 Å². The van der Waals surface area contributed by atoms with Crippen molar-refractivity contribution in [3.8, 4) is 0 Å². The van der Waals surface area contributed by atoms with Crippen LogP contribution in [0.25, 0.3) is 0 Å². The van der Waals surface area contributed by atoms with Gasteiger partial charge in [-0.3, -0.25) is 9.59 Å². The lowest BCUT2D eigenvalue weighted by molar-refractivity contribution is -0.605. The zero-order chi connectivity index (χ0) is 19.6. The summed E-state index contributed by atoms with van der Waals surface area (Å²) in [5.41, 5.74) is -0.642. The molecule has 0 unspecified atom stereocenters. The second-order valence-corrected chi connectivity index (χ2v) is 6.26. The van der Waals surface area contributed by atoms with E-state index in [1.165, 1.54) is 41.4 Å². The Kier molecular flexibility index (Phi) is 5.02. The summed E-state index contributed by atoms with van der Waals surface area (Å²) < 4.78 is 39.8. The molecule has 2 amide bonds. The highest BCUT2D eigenvalue weighted by Crippen LogP contribution is 2.32. The first-order chi connectivity index (χ1) is 12.7. The number of alkyl halides is 3. The van der Waals surface area contributed by atoms with Gasteiger partial charge in [0.05, 0.1) is 11.6 Å². The second-order valence-electron chi connectivity index (χ2n) is 6.26. The maximum absolute atomic E-state index is 13.1. The first-order valence-electron chi connectivity index (χ1n) is 8.16. The Labute approximate surface area is 152 Å². The Hall–Kier alpha value is -3.10. The second kappa shape index (κ2) is 7.26. The van der Waals surface area contributed by atoms with Crippen LogP contribution < -0.4 is 10.0 Å². The largest absolute Gasteiger partial charge is 0.619 e. The average molecular weight is 379 g/mol. The van der Waals surface area contributed by atoms with Crippen LogP contribution in [-0.2, 0) is 17.5 Å². The van der Waals surface area contributed by atoms with Crippen molar-refractivity contribution in [1.29, 1.82) is 0 Å². The van der Waals surface area contributed by atoms with Gasteiger partial charge in [0.25, 0.3) is 5.91 Å². The summed E-state index contributed by atoms with van der Waals surface area (Å²) in [5.74, 6) is -0.861. The molecule has 27 heavy (non-hydrogen) atoms. The SMILES string of the molecule is O=C(N[C@@H]1CC(=O)N(Cc2ccccc2C(F)(F)F)C1)c1ccc[n+]([O-])c1. The van der Waals surface area contributed by atoms with Crippen molar-refractivity contribution >= 4 is 11.8 Å². The van der Waals surface area contributed by atoms with Crippen LogP contribution in [0.2, 0.25) is 0 Å². The summed E-state index contributed by atoms with van der Waals surface area (Å²) in [5, 5.41) is 13.9. The number of likely N-dealkylation sites (tertiary alicyclic amines) is 1. The van der Waals surface area contributed by atoms with Crippen LogP contribution in [0.1, 0.15) is 27.9 Å². The van der Waals surface area contributed by atoms with E-state index < -0.39 is 23.7 Å². The number of rotatable bonds is 4. The van der Waals surface area contributed by atoms with Gasteiger partial charge in [0.15, 0.2) is 12.4 Å². The van der Waals surface area contributed by atoms with Crippen molar-refractivity contribution in [1.82, 2.24) is 10.2 Å². The Morgan fingerprint density at radius 2 is 2.00 bits per heavy atom. The van der Waals surface area contributed by atoms with E-state index in [9.17, 15) is 28.0 Å². The average Bonchev–Trinajstić information content (AvgIpc) is 2.93. The van der Waals surface area contributed by atoms with Crippen LogP contribution >= 0.6 is 0 Å². The lowest BCUT2D eigenvalue weighted by Gasteiger charge is -2.20. The molecule has 0 spiro atoms. The first kappa shape index (κ1) is 18.7. The van der Waals surface area contributed by atoms with Crippen molar-refractivity contribution in [2.75, 3.05) is 6.54 Å². The fraction of sp³-hybridized carbons (Fsp3) is 0.278. The third kappa shape index (κ3) is 4.36. The molecule has 1 aromatic carbocycles. The molecule has 9 heteroatoms. The summed E-state index contributed by atoms with van der Waals surface area (Å²) in [4.78, 5) is 25.6. The van der Waals surface area contributed by atoms with Crippen LogP contribution in [0.3, 0.4) is 0 Å². The zero-order valence-corrected chi connectivity index (χ0v) is 14.1. The molecule has 1 N–H and O–H groups in total. The molecule has 1 atom stereocenters. The minimum atomic E-state index is -4.51. The number of aromatic nitrogens is 1. The zero-order valence-electron chi connectivity index (χ0n) is 14.1. The van der Waals surface area contributed by atoms with E-state index in [1.54, 1.807) is 0 Å². The highest BCUT2D eigenvalue weighted by atomic mass is 19.4. The molecule has 142 valence electrons. The lowest BCUT2D eigenvalue weighted by Crippen LogP contribution is -2.38. The fourth-order valence-electron chi connectivity index (χ4n) is 3.02. The van der Waals surface area contributed by atoms with Gasteiger partial charge in [0.2, 0.25) is 5.91 Å². The minimum Gasteiger partial charge on any atom is -0.619 e. The molecule has 1 aromatic heterocycles. The van der Waals surface area contributed by atoms with Gasteiger partial charge in [-0.15, -0.1) is 0 Å². The van der Waals surface area contributed by atoms with E-state index >= 15 is 0 Å². The molecule has 0 bridgehead atoms. The van der Waals surface area contributed by atoms with E-state index in [4.69, 9.17) is 0 Å². The smallest absolute Gasteiger partial charge is 0.416 e. The molecule has 0 aliphatic carbocycles. The number of hydrogen-bond donors (Lipinski definition) is 1. The van der Waals surface area contributed by atoms with Crippen molar-refractivity contribution < 1.29 is 27.5 Å². The summed E-state index contributed by atoms with van der Waals surface area (Å²) in [6.07, 6.45) is -2.18. The van der Waals surface area contributed by atoms with Gasteiger partial charge in [-0.05, 0) is 17.7 Å². The molecule has 3 rings (SSSR count). The summed E-state index contributed by atoms with van der Waals surface area (Å²) >= 11 is 0. The highest BCUT2D eigenvalue weighted by molar-refractivity contribution is 5.94. The third-order valence-electron chi connectivity index (χ3n) is 4.27. The standard InChI is InChI=1S/C18H16F3N3O3/c19-18(20,21)15-6-2-1-4-12(15)9-23-11-14(8-16(23)25)22-17(26)13-5-3-7-24(27)10-13/h1-7,10,14H,8-9,11H2,(H,22,26)/t14-/m1/s1. The Morgan fingerprint density at radius 1 is 1.26 bits per heavy atom. The molecule has 1 aliphatic rings. The molecule has 1 aliphatic heterocycles. The highest BCUT2D eigenvalue weighted by Gasteiger charge is 2.36. The minimum absolute atomic E-state index is 0.000725. The fourth-order valence-corrected chi connectivity index (χ4v) is 3.02. The summed E-state index contributed by atoms with van der Waals surface area (Å²) in [6, 6.07) is 7.42. The van der Waals surface area contributed by atoms with Crippen LogP contribution in [-0.4, -0.2) is 29.3 Å². The molecule has 0 radical (unpaired) electrons. The number of hydrogen-bond acceptors (Lipinski definition) is 3. The molecular formula is C18H16F3N3O3. The monoisotopic (exact) mass is 379 g/mol. The van der Waals surface area contributed by atoms with Crippen LogP contribution in [0.5, 0.6) is 0 Å². The number of halogens is 3. The van der Waals surface area contributed by atoms with Gasteiger partial charge >= 0.3 is 6.18 Å². The number of carbonyl (C=O) groups excluding carboxylic acids is 2. The van der Waals surface area contributed by atoms with Crippen molar-refractivity contribution in [3.05, 3.63) is 70.7 Å². The summed E-state index contributed by atoms with van der Waals surface area (Å²) in [7, 11) is 0. The van der Waals surface area contributed by atoms with E-state index in [2.05, 4.69) is 5.32 Å². The van der Waals surface area contributed by atoms with Crippen LogP contribution in [0.15, 0.2) is 48.8 Å². The molecule has 0 saturated carbocycles. The summed E-state index contributed by atoms with van der Waals surface area (Å²) in [6.45, 7) is -0.0895. The topological polar surface area (TPSA) is 76.4 Å².